The van der Waals surface area contributed by atoms with Gasteiger partial charge in [0.2, 0.25) is 5.24 Å². The van der Waals surface area contributed by atoms with Gasteiger partial charge >= 0.3 is 12.3 Å². The van der Waals surface area contributed by atoms with Crippen LogP contribution in [0, 0.1) is 0 Å². The molecule has 0 bridgehead atoms. The van der Waals surface area contributed by atoms with Crippen LogP contribution in [0.3, 0.4) is 0 Å². The maximum Gasteiger partial charge on any atom is 0.422 e. The van der Waals surface area contributed by atoms with Gasteiger partial charge in [-0.05, 0) is 24.4 Å². The lowest BCUT2D eigenvalue weighted by Gasteiger charge is -2.21. The average Bonchev–Trinajstić information content (AvgIpc) is 2.61. The Morgan fingerprint density at radius 3 is 2.56 bits per heavy atom. The number of nitrogens with zero attached hydrogens (tertiary/aromatic N) is 1. The molecule has 1 amide bonds. The van der Waals surface area contributed by atoms with Crippen molar-refractivity contribution in [3.05, 3.63) is 0 Å². The van der Waals surface area contributed by atoms with Gasteiger partial charge in [-0.3, -0.25) is 9.69 Å². The van der Waals surface area contributed by atoms with Gasteiger partial charge in [0.15, 0.2) is 6.61 Å². The maximum absolute atomic E-state index is 11.8. The summed E-state index contributed by atoms with van der Waals surface area (Å²) in [6, 6.07) is -0.873. The molecule has 1 heterocycles. The summed E-state index contributed by atoms with van der Waals surface area (Å²) < 4.78 is 39.3. The van der Waals surface area contributed by atoms with Crippen molar-refractivity contribution < 1.29 is 27.5 Å². The molecule has 0 radical (unpaired) electrons. The molecule has 1 aliphatic heterocycles. The molecule has 0 unspecified atom stereocenters. The van der Waals surface area contributed by atoms with Gasteiger partial charge in [0.05, 0.1) is 0 Å². The van der Waals surface area contributed by atoms with E-state index < -0.39 is 30.2 Å². The van der Waals surface area contributed by atoms with Gasteiger partial charge in [-0.15, -0.1) is 0 Å². The smallest absolute Gasteiger partial charge is 0.422 e. The van der Waals surface area contributed by atoms with Gasteiger partial charge in [0.25, 0.3) is 0 Å². The molecule has 0 aromatic rings. The lowest BCUT2D eigenvalue weighted by molar-refractivity contribution is -0.162. The van der Waals surface area contributed by atoms with Crippen molar-refractivity contribution in [3.8, 4) is 0 Å². The van der Waals surface area contributed by atoms with E-state index in [1.807, 2.05) is 0 Å². The van der Waals surface area contributed by atoms with Crippen molar-refractivity contribution in [2.45, 2.75) is 25.1 Å². The molecule has 0 saturated carbocycles. The Balaban J connectivity index is 2.50. The first kappa shape index (κ1) is 13.1. The van der Waals surface area contributed by atoms with Crippen LogP contribution in [0.2, 0.25) is 0 Å². The Bertz CT molecular complexity index is 295. The van der Waals surface area contributed by atoms with E-state index in [2.05, 4.69) is 4.74 Å². The Morgan fingerprint density at radius 2 is 2.06 bits per heavy atom. The van der Waals surface area contributed by atoms with Crippen molar-refractivity contribution in [1.29, 1.82) is 0 Å². The van der Waals surface area contributed by atoms with E-state index in [1.165, 1.54) is 0 Å². The fourth-order valence-corrected chi connectivity index (χ4v) is 1.67. The topological polar surface area (TPSA) is 46.6 Å². The second kappa shape index (κ2) is 4.90. The van der Waals surface area contributed by atoms with Gasteiger partial charge in [-0.2, -0.15) is 13.2 Å². The average molecular weight is 260 g/mol. The fourth-order valence-electron chi connectivity index (χ4n) is 1.45. The summed E-state index contributed by atoms with van der Waals surface area (Å²) in [5.41, 5.74) is 0. The highest BCUT2D eigenvalue weighted by atomic mass is 35.5. The van der Waals surface area contributed by atoms with Crippen LogP contribution in [0.1, 0.15) is 12.8 Å². The minimum Gasteiger partial charge on any atom is -0.440 e. The molecule has 4 nitrogen and oxygen atoms in total. The first-order chi connectivity index (χ1) is 7.31. The molecule has 1 saturated heterocycles. The zero-order valence-electron chi connectivity index (χ0n) is 8.09. The molecular formula is C8H9ClF3NO3. The molecule has 1 rings (SSSR count). The lowest BCUT2D eigenvalue weighted by atomic mass is 10.2. The van der Waals surface area contributed by atoms with Crippen molar-refractivity contribution in [3.63, 3.8) is 0 Å². The summed E-state index contributed by atoms with van der Waals surface area (Å²) in [5, 5.41) is -0.763. The Kier molecular flexibility index (Phi) is 4.01. The quantitative estimate of drug-likeness (QED) is 0.712. The second-order valence-electron chi connectivity index (χ2n) is 3.33. The van der Waals surface area contributed by atoms with Crippen LogP contribution >= 0.6 is 11.6 Å². The molecule has 0 N–H and O–H groups in total. The molecule has 8 heteroatoms. The van der Waals surface area contributed by atoms with Gasteiger partial charge in [0.1, 0.15) is 6.04 Å². The molecule has 92 valence electrons. The van der Waals surface area contributed by atoms with Crippen LogP contribution in [-0.2, 0) is 9.53 Å². The van der Waals surface area contributed by atoms with Crippen molar-refractivity contribution >= 4 is 22.9 Å². The summed E-state index contributed by atoms with van der Waals surface area (Å²) >= 11 is 5.20. The Hall–Kier alpha value is -0.980. The first-order valence-electron chi connectivity index (χ1n) is 4.51. The van der Waals surface area contributed by atoms with E-state index in [0.717, 1.165) is 4.90 Å². The van der Waals surface area contributed by atoms with Crippen LogP contribution < -0.4 is 0 Å². The highest BCUT2D eigenvalue weighted by molar-refractivity contribution is 6.64. The zero-order chi connectivity index (χ0) is 12.3. The predicted octanol–water partition coefficient (Wildman–Crippen LogP) is 1.92. The number of likely N-dealkylation sites (tertiary alicyclic amines) is 1. The summed E-state index contributed by atoms with van der Waals surface area (Å²) in [7, 11) is 0. The summed E-state index contributed by atoms with van der Waals surface area (Å²) in [6.07, 6.45) is -4.86. The monoisotopic (exact) mass is 259 g/mol. The minimum atomic E-state index is -4.57. The van der Waals surface area contributed by atoms with Crippen LogP contribution in [0.4, 0.5) is 18.0 Å². The molecule has 0 spiro atoms. The summed E-state index contributed by atoms with van der Waals surface area (Å²) in [5.74, 6) is 0. The predicted molar refractivity (Wildman–Crippen MR) is 48.0 cm³/mol. The molecule has 0 aromatic heterocycles. The lowest BCUT2D eigenvalue weighted by Crippen LogP contribution is -2.40. The van der Waals surface area contributed by atoms with Crippen molar-refractivity contribution in [1.82, 2.24) is 4.90 Å². The molecule has 1 fully saturated rings. The largest absolute Gasteiger partial charge is 0.440 e. The number of carbonyl (C=O) groups is 2. The zero-order valence-corrected chi connectivity index (χ0v) is 8.85. The molecule has 1 aliphatic rings. The summed E-state index contributed by atoms with van der Waals surface area (Å²) in [6.45, 7) is -1.48. The van der Waals surface area contributed by atoms with E-state index in [-0.39, 0.29) is 6.54 Å². The normalized spacial score (nSPS) is 21.0. The third-order valence-electron chi connectivity index (χ3n) is 2.11. The summed E-state index contributed by atoms with van der Waals surface area (Å²) in [4.78, 5) is 23.0. The van der Waals surface area contributed by atoms with E-state index >= 15 is 0 Å². The van der Waals surface area contributed by atoms with E-state index in [4.69, 9.17) is 11.6 Å². The SMILES string of the molecule is O=C(Cl)[C@@H]1CCCN1C(=O)OCC(F)(F)F. The standard InChI is InChI=1S/C8H9ClF3NO3/c9-6(14)5-2-1-3-13(5)7(15)16-4-8(10,11)12/h5H,1-4H2/t5-/m0/s1. The van der Waals surface area contributed by atoms with Crippen LogP contribution in [0.25, 0.3) is 0 Å². The third-order valence-corrected chi connectivity index (χ3v) is 2.36. The fraction of sp³-hybridized carbons (Fsp3) is 0.750. The van der Waals surface area contributed by atoms with E-state index in [9.17, 15) is 22.8 Å². The second-order valence-corrected chi connectivity index (χ2v) is 3.70. The van der Waals surface area contributed by atoms with Gasteiger partial charge in [-0.1, -0.05) is 0 Å². The molecule has 1 atom stereocenters. The van der Waals surface area contributed by atoms with E-state index in [0.29, 0.717) is 12.8 Å². The van der Waals surface area contributed by atoms with Crippen molar-refractivity contribution in [2.75, 3.05) is 13.2 Å². The van der Waals surface area contributed by atoms with Crippen molar-refractivity contribution in [2.24, 2.45) is 0 Å². The number of carbonyl (C=O) groups excluding carboxylic acids is 2. The van der Waals surface area contributed by atoms with Gasteiger partial charge < -0.3 is 4.74 Å². The van der Waals surface area contributed by atoms with E-state index in [1.54, 1.807) is 0 Å². The number of rotatable bonds is 2. The number of ether oxygens (including phenoxy) is 1. The highest BCUT2D eigenvalue weighted by Gasteiger charge is 2.36. The number of hydrogen-bond donors (Lipinski definition) is 0. The molecule has 16 heavy (non-hydrogen) atoms. The highest BCUT2D eigenvalue weighted by Crippen LogP contribution is 2.21. The van der Waals surface area contributed by atoms with Crippen LogP contribution in [0.5, 0.6) is 0 Å². The van der Waals surface area contributed by atoms with Crippen LogP contribution in [0.15, 0.2) is 0 Å². The van der Waals surface area contributed by atoms with Gasteiger partial charge in [-0.25, -0.2) is 4.79 Å². The number of halogens is 4. The minimum absolute atomic E-state index is 0.180. The maximum atomic E-state index is 11.8. The molecular weight excluding hydrogens is 251 g/mol. The third kappa shape index (κ3) is 3.55. The Labute approximate surface area is 94.3 Å². The number of alkyl halides is 3. The Morgan fingerprint density at radius 1 is 1.44 bits per heavy atom. The number of hydrogen-bond acceptors (Lipinski definition) is 3. The molecule has 0 aromatic carbocycles. The van der Waals surface area contributed by atoms with Gasteiger partial charge in [0, 0.05) is 6.54 Å². The number of amides is 1. The molecule has 0 aliphatic carbocycles. The van der Waals surface area contributed by atoms with Crippen LogP contribution in [-0.4, -0.2) is 41.6 Å². The first-order valence-corrected chi connectivity index (χ1v) is 4.88.